The van der Waals surface area contributed by atoms with Gasteiger partial charge in [0, 0.05) is 0 Å². The van der Waals surface area contributed by atoms with Gasteiger partial charge < -0.3 is 21.7 Å². The summed E-state index contributed by atoms with van der Waals surface area (Å²) < 4.78 is 0. The lowest BCUT2D eigenvalue weighted by molar-refractivity contribution is -0.130. The van der Waals surface area contributed by atoms with Crippen molar-refractivity contribution in [1.29, 1.82) is 0 Å². The molecule has 0 fully saturated rings. The number of nitrogens with one attached hydrogen (secondary N) is 3. The normalized spacial score (nSPS) is 14.9. The molecule has 1 rings (SSSR count). The van der Waals surface area contributed by atoms with Gasteiger partial charge in [-0.2, -0.15) is 0 Å². The summed E-state index contributed by atoms with van der Waals surface area (Å²) in [5, 5.41) is 7.48. The molecule has 0 saturated heterocycles. The van der Waals surface area contributed by atoms with Crippen LogP contribution in [-0.4, -0.2) is 48.7 Å². The maximum absolute atomic E-state index is 12.1. The minimum Gasteiger partial charge on any atom is -0.346 e. The smallest absolute Gasteiger partial charge is 0.242 e. The molecule has 0 heterocycles. The van der Waals surface area contributed by atoms with Crippen LogP contribution < -0.4 is 21.7 Å². The van der Waals surface area contributed by atoms with E-state index < -0.39 is 35.8 Å². The summed E-state index contributed by atoms with van der Waals surface area (Å²) in [5.41, 5.74) is 6.77. The molecule has 1 aromatic rings. The van der Waals surface area contributed by atoms with Crippen LogP contribution in [0.25, 0.3) is 0 Å². The van der Waals surface area contributed by atoms with Gasteiger partial charge in [-0.3, -0.25) is 19.2 Å². The highest BCUT2D eigenvalue weighted by Gasteiger charge is 2.23. The van der Waals surface area contributed by atoms with Gasteiger partial charge in [0.1, 0.15) is 6.04 Å². The number of carbonyl (C=O) groups excluding carboxylic acids is 4. The molecule has 153 valence electrons. The Labute approximate surface area is 165 Å². The number of benzene rings is 1. The van der Waals surface area contributed by atoms with Gasteiger partial charge in [0.25, 0.3) is 0 Å². The van der Waals surface area contributed by atoms with Crippen LogP contribution in [0, 0.1) is 5.92 Å². The Kier molecular flexibility index (Phi) is 9.87. The molecular formula is C20H29N4O4. The van der Waals surface area contributed by atoms with E-state index in [-0.39, 0.29) is 12.5 Å². The predicted molar refractivity (Wildman–Crippen MR) is 106 cm³/mol. The maximum atomic E-state index is 12.1. The molecule has 0 bridgehead atoms. The molecule has 5 N–H and O–H groups in total. The van der Waals surface area contributed by atoms with E-state index in [0.717, 1.165) is 5.56 Å². The highest BCUT2D eigenvalue weighted by Crippen LogP contribution is 2.05. The van der Waals surface area contributed by atoms with E-state index >= 15 is 0 Å². The average molecular weight is 389 g/mol. The Bertz CT molecular complexity index is 665. The minimum absolute atomic E-state index is 0.0604. The highest BCUT2D eigenvalue weighted by molar-refractivity contribution is 5.91. The topological polar surface area (TPSA) is 130 Å². The lowest BCUT2D eigenvalue weighted by atomic mass is 10.0. The molecule has 3 amide bonds. The van der Waals surface area contributed by atoms with Gasteiger partial charge in [0.15, 0.2) is 0 Å². The van der Waals surface area contributed by atoms with Gasteiger partial charge in [0.2, 0.25) is 24.0 Å². The Morgan fingerprint density at radius 3 is 2.29 bits per heavy atom. The Morgan fingerprint density at radius 1 is 1.07 bits per heavy atom. The van der Waals surface area contributed by atoms with Crippen molar-refractivity contribution in [3.05, 3.63) is 35.9 Å². The molecular weight excluding hydrogens is 360 g/mol. The molecule has 1 radical (unpaired) electrons. The summed E-state index contributed by atoms with van der Waals surface area (Å²) in [4.78, 5) is 47.1. The summed E-state index contributed by atoms with van der Waals surface area (Å²) >= 11 is 0. The molecule has 0 aromatic heterocycles. The third kappa shape index (κ3) is 7.87. The third-order valence-corrected chi connectivity index (χ3v) is 4.47. The van der Waals surface area contributed by atoms with Crippen molar-refractivity contribution in [2.24, 2.45) is 11.7 Å². The molecule has 8 nitrogen and oxygen atoms in total. The number of hydrogen-bond donors (Lipinski definition) is 4. The predicted octanol–water partition coefficient (Wildman–Crippen LogP) is -0.182. The number of amides is 3. The van der Waals surface area contributed by atoms with Crippen molar-refractivity contribution in [2.45, 2.75) is 51.7 Å². The SMILES string of the molecule is CC[C@H](C)[C@@H]([C]=O)NC(=O)[C@H](C)NC(=O)CNC(=O)[C@@H](N)Cc1ccccc1. The summed E-state index contributed by atoms with van der Waals surface area (Å²) in [6.07, 6.45) is 2.86. The summed E-state index contributed by atoms with van der Waals surface area (Å²) in [7, 11) is 0. The minimum atomic E-state index is -0.859. The molecule has 0 saturated carbocycles. The Morgan fingerprint density at radius 2 is 1.71 bits per heavy atom. The van der Waals surface area contributed by atoms with Crippen molar-refractivity contribution in [3.8, 4) is 0 Å². The lowest BCUT2D eigenvalue weighted by Gasteiger charge is -2.21. The van der Waals surface area contributed by atoms with E-state index in [4.69, 9.17) is 5.73 Å². The van der Waals surface area contributed by atoms with Gasteiger partial charge in [-0.15, -0.1) is 0 Å². The van der Waals surface area contributed by atoms with E-state index in [9.17, 15) is 19.2 Å². The first-order valence-electron chi connectivity index (χ1n) is 9.33. The lowest BCUT2D eigenvalue weighted by Crippen LogP contribution is -2.52. The molecule has 0 aliphatic carbocycles. The van der Waals surface area contributed by atoms with Gasteiger partial charge in [0.05, 0.1) is 18.6 Å². The first-order valence-corrected chi connectivity index (χ1v) is 9.33. The van der Waals surface area contributed by atoms with Crippen LogP contribution in [0.1, 0.15) is 32.8 Å². The fourth-order valence-corrected chi connectivity index (χ4v) is 2.42. The zero-order valence-electron chi connectivity index (χ0n) is 16.5. The first kappa shape index (κ1) is 23.3. The second kappa shape index (κ2) is 11.9. The molecule has 1 aromatic carbocycles. The Hall–Kier alpha value is -2.74. The van der Waals surface area contributed by atoms with Gasteiger partial charge in [-0.1, -0.05) is 50.6 Å². The van der Waals surface area contributed by atoms with E-state index in [1.807, 2.05) is 44.2 Å². The van der Waals surface area contributed by atoms with Crippen molar-refractivity contribution in [3.63, 3.8) is 0 Å². The van der Waals surface area contributed by atoms with Crippen molar-refractivity contribution < 1.29 is 19.2 Å². The number of hydrogen-bond acceptors (Lipinski definition) is 5. The van der Waals surface area contributed by atoms with Crippen molar-refractivity contribution in [2.75, 3.05) is 6.54 Å². The zero-order chi connectivity index (χ0) is 21.1. The van der Waals surface area contributed by atoms with Gasteiger partial charge >= 0.3 is 0 Å². The second-order valence-corrected chi connectivity index (χ2v) is 6.79. The number of nitrogens with two attached hydrogens (primary N) is 1. The Balaban J connectivity index is 2.41. The van der Waals surface area contributed by atoms with Crippen LogP contribution in [0.2, 0.25) is 0 Å². The maximum Gasteiger partial charge on any atom is 0.242 e. The summed E-state index contributed by atoms with van der Waals surface area (Å²) in [6.45, 7) is 4.92. The number of carbonyl (C=O) groups is 3. The van der Waals surface area contributed by atoms with E-state index in [1.165, 1.54) is 6.92 Å². The van der Waals surface area contributed by atoms with Crippen LogP contribution in [0.15, 0.2) is 30.3 Å². The zero-order valence-corrected chi connectivity index (χ0v) is 16.5. The molecule has 4 atom stereocenters. The highest BCUT2D eigenvalue weighted by atomic mass is 16.2. The van der Waals surface area contributed by atoms with Crippen LogP contribution in [-0.2, 0) is 25.6 Å². The van der Waals surface area contributed by atoms with E-state index in [2.05, 4.69) is 16.0 Å². The molecule has 0 unspecified atom stereocenters. The fraction of sp³-hybridized carbons (Fsp3) is 0.500. The van der Waals surface area contributed by atoms with E-state index in [0.29, 0.717) is 12.8 Å². The van der Waals surface area contributed by atoms with Crippen LogP contribution in [0.5, 0.6) is 0 Å². The number of rotatable bonds is 11. The molecule has 0 aliphatic heterocycles. The quantitative estimate of drug-likeness (QED) is 0.417. The average Bonchev–Trinajstić information content (AvgIpc) is 2.69. The first-order chi connectivity index (χ1) is 13.3. The van der Waals surface area contributed by atoms with Crippen LogP contribution in [0.4, 0.5) is 0 Å². The van der Waals surface area contributed by atoms with Gasteiger partial charge in [-0.25, -0.2) is 0 Å². The standard InChI is InChI=1S/C20H29N4O4/c1-4-13(2)17(12-25)24-19(27)14(3)23-18(26)11-22-20(28)16(21)10-15-8-6-5-7-9-15/h5-9,13-14,16-17H,4,10-11,21H2,1-3H3,(H,22,28)(H,23,26)(H,24,27)/t13-,14-,16-,17+/m0/s1. The van der Waals surface area contributed by atoms with Gasteiger partial charge in [-0.05, 0) is 24.8 Å². The molecule has 0 aliphatic rings. The monoisotopic (exact) mass is 389 g/mol. The van der Waals surface area contributed by atoms with Crippen LogP contribution >= 0.6 is 0 Å². The molecule has 28 heavy (non-hydrogen) atoms. The fourth-order valence-electron chi connectivity index (χ4n) is 2.42. The van der Waals surface area contributed by atoms with E-state index in [1.54, 1.807) is 6.29 Å². The van der Waals surface area contributed by atoms with Crippen molar-refractivity contribution >= 4 is 24.0 Å². The van der Waals surface area contributed by atoms with Crippen molar-refractivity contribution in [1.82, 2.24) is 16.0 Å². The summed E-state index contributed by atoms with van der Waals surface area (Å²) in [5.74, 6) is -1.54. The second-order valence-electron chi connectivity index (χ2n) is 6.79. The summed E-state index contributed by atoms with van der Waals surface area (Å²) in [6, 6.07) is 6.94. The molecule has 0 spiro atoms. The third-order valence-electron chi connectivity index (χ3n) is 4.47. The largest absolute Gasteiger partial charge is 0.346 e. The van der Waals surface area contributed by atoms with Crippen LogP contribution in [0.3, 0.4) is 0 Å². The molecule has 8 heteroatoms.